The van der Waals surface area contributed by atoms with Crippen molar-refractivity contribution in [3.05, 3.63) is 54.1 Å². The Morgan fingerprint density at radius 1 is 1.00 bits per heavy atom. The summed E-state index contributed by atoms with van der Waals surface area (Å²) in [6, 6.07) is 14.9. The Morgan fingerprint density at radius 3 is 2.33 bits per heavy atom. The predicted molar refractivity (Wildman–Crippen MR) is 95.8 cm³/mol. The molecule has 5 heteroatoms. The first-order valence-electron chi connectivity index (χ1n) is 8.20. The second-order valence-corrected chi connectivity index (χ2v) is 5.64. The Labute approximate surface area is 141 Å². The number of likely N-dealkylation sites (N-methyl/N-ethyl adjacent to an activating group) is 1. The van der Waals surface area contributed by atoms with Crippen molar-refractivity contribution in [3.63, 3.8) is 0 Å². The number of nitrogens with zero attached hydrogens (tertiary/aromatic N) is 2. The Bertz CT molecular complexity index is 769. The molecule has 3 rings (SSSR count). The lowest BCUT2D eigenvalue weighted by atomic mass is 10.1. The fourth-order valence-electron chi connectivity index (χ4n) is 3.02. The van der Waals surface area contributed by atoms with Crippen LogP contribution in [-0.2, 0) is 4.79 Å². The molecular weight excluding hydrogens is 302 g/mol. The number of para-hydroxylation sites is 3. The first kappa shape index (κ1) is 16.1. The van der Waals surface area contributed by atoms with Crippen LogP contribution in [0.5, 0.6) is 0 Å². The van der Waals surface area contributed by atoms with Crippen LogP contribution in [0.25, 0.3) is 0 Å². The van der Waals surface area contributed by atoms with E-state index in [9.17, 15) is 9.59 Å². The summed E-state index contributed by atoms with van der Waals surface area (Å²) in [5.74, 6) is -0.116. The van der Waals surface area contributed by atoms with E-state index in [4.69, 9.17) is 0 Å². The van der Waals surface area contributed by atoms with E-state index in [2.05, 4.69) is 5.32 Å². The van der Waals surface area contributed by atoms with E-state index < -0.39 is 0 Å². The second kappa shape index (κ2) is 6.74. The van der Waals surface area contributed by atoms with E-state index in [1.165, 1.54) is 0 Å². The fraction of sp³-hybridized carbons (Fsp3) is 0.263. The molecule has 0 fully saturated rings. The summed E-state index contributed by atoms with van der Waals surface area (Å²) in [5.41, 5.74) is 2.86. The number of carbonyl (C=O) groups is 2. The maximum atomic E-state index is 12.7. The van der Waals surface area contributed by atoms with Crippen molar-refractivity contribution in [2.75, 3.05) is 29.9 Å². The van der Waals surface area contributed by atoms with Crippen LogP contribution in [0.15, 0.2) is 48.5 Å². The molecule has 0 spiro atoms. The molecule has 1 N–H and O–H groups in total. The first-order valence-corrected chi connectivity index (χ1v) is 8.20. The van der Waals surface area contributed by atoms with Gasteiger partial charge in [-0.1, -0.05) is 24.3 Å². The molecule has 0 radical (unpaired) electrons. The summed E-state index contributed by atoms with van der Waals surface area (Å²) in [4.78, 5) is 28.9. The summed E-state index contributed by atoms with van der Waals surface area (Å²) in [6.07, 6.45) is 0. The smallest absolute Gasteiger partial charge is 0.257 e. The number of hydrogen-bond donors (Lipinski definition) is 1. The summed E-state index contributed by atoms with van der Waals surface area (Å²) >= 11 is 0. The molecule has 0 aliphatic carbocycles. The van der Waals surface area contributed by atoms with Crippen LogP contribution in [0, 0.1) is 0 Å². The molecule has 0 bridgehead atoms. The van der Waals surface area contributed by atoms with Gasteiger partial charge in [0.2, 0.25) is 5.91 Å². The molecule has 1 aliphatic rings. The van der Waals surface area contributed by atoms with E-state index in [1.807, 2.05) is 61.2 Å². The number of hydrogen-bond acceptors (Lipinski definition) is 3. The van der Waals surface area contributed by atoms with Crippen molar-refractivity contribution in [1.82, 2.24) is 4.90 Å². The molecule has 0 aromatic heterocycles. The van der Waals surface area contributed by atoms with Crippen LogP contribution in [0.2, 0.25) is 0 Å². The number of carbonyl (C=O) groups excluding carboxylic acids is 2. The molecule has 0 saturated carbocycles. The van der Waals surface area contributed by atoms with Gasteiger partial charge in [-0.15, -0.1) is 0 Å². The normalized spacial score (nSPS) is 12.8. The molecule has 1 aliphatic heterocycles. The van der Waals surface area contributed by atoms with Crippen LogP contribution in [0.4, 0.5) is 17.1 Å². The number of anilines is 3. The number of fused-ring (bicyclic) bond motifs is 2. The third-order valence-electron chi connectivity index (χ3n) is 4.29. The van der Waals surface area contributed by atoms with E-state index in [-0.39, 0.29) is 18.4 Å². The topological polar surface area (TPSA) is 52.7 Å². The van der Waals surface area contributed by atoms with Crippen molar-refractivity contribution in [2.24, 2.45) is 0 Å². The molecule has 0 saturated heterocycles. The van der Waals surface area contributed by atoms with Crippen LogP contribution < -0.4 is 10.2 Å². The second-order valence-electron chi connectivity index (χ2n) is 5.64. The number of amides is 2. The van der Waals surface area contributed by atoms with Crippen molar-refractivity contribution in [1.29, 1.82) is 0 Å². The van der Waals surface area contributed by atoms with Crippen LogP contribution in [0.1, 0.15) is 24.2 Å². The molecule has 2 aromatic carbocycles. The van der Waals surface area contributed by atoms with E-state index in [1.54, 1.807) is 11.0 Å². The molecular formula is C19H21N3O2. The highest BCUT2D eigenvalue weighted by molar-refractivity contribution is 6.13. The van der Waals surface area contributed by atoms with Gasteiger partial charge in [0.1, 0.15) is 6.54 Å². The van der Waals surface area contributed by atoms with Crippen molar-refractivity contribution < 1.29 is 9.59 Å². The highest BCUT2D eigenvalue weighted by Gasteiger charge is 2.26. The molecule has 24 heavy (non-hydrogen) atoms. The summed E-state index contributed by atoms with van der Waals surface area (Å²) in [7, 11) is 0. The minimum absolute atomic E-state index is 0.0407. The van der Waals surface area contributed by atoms with Gasteiger partial charge >= 0.3 is 0 Å². The van der Waals surface area contributed by atoms with Crippen LogP contribution in [0.3, 0.4) is 0 Å². The van der Waals surface area contributed by atoms with Gasteiger partial charge < -0.3 is 15.1 Å². The van der Waals surface area contributed by atoms with Crippen molar-refractivity contribution >= 4 is 28.9 Å². The average Bonchev–Trinajstić information content (AvgIpc) is 2.72. The fourth-order valence-corrected chi connectivity index (χ4v) is 3.02. The van der Waals surface area contributed by atoms with Crippen LogP contribution in [-0.4, -0.2) is 36.3 Å². The van der Waals surface area contributed by atoms with Gasteiger partial charge in [-0.05, 0) is 38.1 Å². The quantitative estimate of drug-likeness (QED) is 0.939. The van der Waals surface area contributed by atoms with Gasteiger partial charge in [0, 0.05) is 13.1 Å². The largest absolute Gasteiger partial charge is 0.342 e. The maximum absolute atomic E-state index is 12.7. The molecule has 124 valence electrons. The molecule has 0 unspecified atom stereocenters. The highest BCUT2D eigenvalue weighted by Crippen LogP contribution is 2.37. The molecule has 1 heterocycles. The monoisotopic (exact) mass is 323 g/mol. The molecule has 2 aromatic rings. The first-order chi connectivity index (χ1) is 11.7. The van der Waals surface area contributed by atoms with Crippen molar-refractivity contribution in [2.45, 2.75) is 13.8 Å². The number of benzene rings is 2. The zero-order chi connectivity index (χ0) is 17.1. The SMILES string of the molecule is CCN(CC)C(=O)CN1c2ccccc2NC(=O)c2ccccc21. The summed E-state index contributed by atoms with van der Waals surface area (Å²) in [5, 5.41) is 2.93. The number of nitrogens with one attached hydrogen (secondary N) is 1. The zero-order valence-corrected chi connectivity index (χ0v) is 14.0. The van der Waals surface area contributed by atoms with Gasteiger partial charge in [-0.3, -0.25) is 9.59 Å². The Kier molecular flexibility index (Phi) is 4.51. The summed E-state index contributed by atoms with van der Waals surface area (Å²) < 4.78 is 0. The third-order valence-corrected chi connectivity index (χ3v) is 4.29. The van der Waals surface area contributed by atoms with E-state index >= 15 is 0 Å². The molecule has 5 nitrogen and oxygen atoms in total. The molecule has 2 amide bonds. The zero-order valence-electron chi connectivity index (χ0n) is 14.0. The van der Waals surface area contributed by atoms with Gasteiger partial charge in [0.05, 0.1) is 22.6 Å². The summed E-state index contributed by atoms with van der Waals surface area (Å²) in [6.45, 7) is 5.48. The van der Waals surface area contributed by atoms with E-state index in [0.29, 0.717) is 24.3 Å². The minimum Gasteiger partial charge on any atom is -0.342 e. The van der Waals surface area contributed by atoms with Gasteiger partial charge in [-0.25, -0.2) is 0 Å². The predicted octanol–water partition coefficient (Wildman–Crippen LogP) is 3.26. The maximum Gasteiger partial charge on any atom is 0.257 e. The van der Waals surface area contributed by atoms with E-state index in [0.717, 1.165) is 11.4 Å². The Hall–Kier alpha value is -2.82. The third kappa shape index (κ3) is 2.85. The number of rotatable bonds is 4. The molecule has 0 atom stereocenters. The van der Waals surface area contributed by atoms with Gasteiger partial charge in [0.15, 0.2) is 0 Å². The lowest BCUT2D eigenvalue weighted by molar-refractivity contribution is -0.129. The lowest BCUT2D eigenvalue weighted by Crippen LogP contribution is -2.38. The van der Waals surface area contributed by atoms with Gasteiger partial charge in [-0.2, -0.15) is 0 Å². The van der Waals surface area contributed by atoms with Gasteiger partial charge in [0.25, 0.3) is 5.91 Å². The Balaban J connectivity index is 2.08. The lowest BCUT2D eigenvalue weighted by Gasteiger charge is -2.28. The van der Waals surface area contributed by atoms with Crippen molar-refractivity contribution in [3.8, 4) is 0 Å². The Morgan fingerprint density at radius 2 is 1.62 bits per heavy atom. The highest BCUT2D eigenvalue weighted by atomic mass is 16.2. The standard InChI is InChI=1S/C19H21N3O2/c1-3-21(4-2)18(23)13-22-16-11-7-5-9-14(16)19(24)20-15-10-6-8-12-17(15)22/h5-12H,3-4,13H2,1-2H3,(H,20,24). The average molecular weight is 323 g/mol. The van der Waals surface area contributed by atoms with Crippen LogP contribution >= 0.6 is 0 Å². The minimum atomic E-state index is -0.157.